The van der Waals surface area contributed by atoms with Crippen molar-refractivity contribution < 1.29 is 17.7 Å². The summed E-state index contributed by atoms with van der Waals surface area (Å²) >= 11 is 5.60. The van der Waals surface area contributed by atoms with Crippen LogP contribution in [0.25, 0.3) is 0 Å². The molecule has 0 aromatic heterocycles. The summed E-state index contributed by atoms with van der Waals surface area (Å²) in [5.74, 6) is -0.474. The SMILES string of the molecule is O=S(=O)(O)COc1cccc(Cl)c1. The van der Waals surface area contributed by atoms with E-state index in [1.165, 1.54) is 12.1 Å². The maximum Gasteiger partial charge on any atom is 0.300 e. The van der Waals surface area contributed by atoms with E-state index in [1.807, 2.05) is 0 Å². The first-order valence-corrected chi connectivity index (χ1v) is 5.29. The summed E-state index contributed by atoms with van der Waals surface area (Å²) in [6.07, 6.45) is 0. The molecule has 0 saturated heterocycles. The predicted molar refractivity (Wildman–Crippen MR) is 48.5 cm³/mol. The van der Waals surface area contributed by atoms with Crippen LogP contribution >= 0.6 is 11.6 Å². The van der Waals surface area contributed by atoms with Crippen LogP contribution < -0.4 is 4.74 Å². The van der Waals surface area contributed by atoms with Crippen LogP contribution in [0.1, 0.15) is 0 Å². The summed E-state index contributed by atoms with van der Waals surface area (Å²) in [7, 11) is -4.10. The molecule has 0 amide bonds. The van der Waals surface area contributed by atoms with Crippen LogP contribution in [0.15, 0.2) is 24.3 Å². The highest BCUT2D eigenvalue weighted by Crippen LogP contribution is 2.17. The fourth-order valence-corrected chi connectivity index (χ4v) is 1.16. The second kappa shape index (κ2) is 3.95. The smallest absolute Gasteiger partial charge is 0.300 e. The molecule has 6 heteroatoms. The van der Waals surface area contributed by atoms with Crippen molar-refractivity contribution in [3.05, 3.63) is 29.3 Å². The zero-order chi connectivity index (χ0) is 9.90. The molecular formula is C7H7ClO4S. The molecule has 0 unspecified atom stereocenters. The molecule has 0 radical (unpaired) electrons. The average molecular weight is 223 g/mol. The highest BCUT2D eigenvalue weighted by molar-refractivity contribution is 7.85. The lowest BCUT2D eigenvalue weighted by Crippen LogP contribution is -2.10. The van der Waals surface area contributed by atoms with E-state index < -0.39 is 16.1 Å². The number of hydrogen-bond acceptors (Lipinski definition) is 3. The summed E-state index contributed by atoms with van der Waals surface area (Å²) in [6.45, 7) is 0. The summed E-state index contributed by atoms with van der Waals surface area (Å²) in [5, 5.41) is 0.438. The zero-order valence-electron chi connectivity index (χ0n) is 6.47. The molecule has 0 heterocycles. The normalized spacial score (nSPS) is 11.2. The van der Waals surface area contributed by atoms with Gasteiger partial charge >= 0.3 is 10.1 Å². The van der Waals surface area contributed by atoms with Crippen molar-refractivity contribution in [3.63, 3.8) is 0 Å². The third-order valence-corrected chi connectivity index (χ3v) is 1.82. The molecule has 0 bridgehead atoms. The Balaban J connectivity index is 2.65. The molecule has 72 valence electrons. The summed E-state index contributed by atoms with van der Waals surface area (Å²) in [4.78, 5) is 0. The second-order valence-corrected chi connectivity index (χ2v) is 4.14. The fourth-order valence-electron chi connectivity index (χ4n) is 0.699. The van der Waals surface area contributed by atoms with E-state index in [0.717, 1.165) is 0 Å². The van der Waals surface area contributed by atoms with Crippen LogP contribution in [0.4, 0.5) is 0 Å². The Labute approximate surface area is 80.8 Å². The van der Waals surface area contributed by atoms with Gasteiger partial charge in [0.1, 0.15) is 5.75 Å². The average Bonchev–Trinajstić information content (AvgIpc) is 2.00. The quantitative estimate of drug-likeness (QED) is 0.789. The predicted octanol–water partition coefficient (Wildman–Crippen LogP) is 1.56. The highest BCUT2D eigenvalue weighted by Gasteiger charge is 2.04. The molecule has 1 aromatic rings. The number of rotatable bonds is 3. The van der Waals surface area contributed by atoms with Crippen molar-refractivity contribution in [1.29, 1.82) is 0 Å². The van der Waals surface area contributed by atoms with Crippen LogP contribution in [0.2, 0.25) is 5.02 Å². The van der Waals surface area contributed by atoms with Gasteiger partial charge in [0.25, 0.3) is 0 Å². The van der Waals surface area contributed by atoms with Crippen molar-refractivity contribution in [2.24, 2.45) is 0 Å². The Morgan fingerprint density at radius 1 is 1.46 bits per heavy atom. The molecule has 0 aliphatic carbocycles. The van der Waals surface area contributed by atoms with Gasteiger partial charge in [-0.05, 0) is 18.2 Å². The van der Waals surface area contributed by atoms with Crippen molar-refractivity contribution in [2.45, 2.75) is 0 Å². The van der Waals surface area contributed by atoms with Gasteiger partial charge in [0, 0.05) is 5.02 Å². The summed E-state index contributed by atoms with van der Waals surface area (Å²) in [5.41, 5.74) is 0. The van der Waals surface area contributed by atoms with E-state index in [-0.39, 0.29) is 0 Å². The van der Waals surface area contributed by atoms with Crippen molar-refractivity contribution in [2.75, 3.05) is 5.94 Å². The maximum absolute atomic E-state index is 10.3. The lowest BCUT2D eigenvalue weighted by atomic mass is 10.3. The van der Waals surface area contributed by atoms with Gasteiger partial charge in [0.2, 0.25) is 5.94 Å². The van der Waals surface area contributed by atoms with E-state index >= 15 is 0 Å². The van der Waals surface area contributed by atoms with Crippen molar-refractivity contribution in [1.82, 2.24) is 0 Å². The van der Waals surface area contributed by atoms with Crippen LogP contribution in [-0.4, -0.2) is 18.9 Å². The van der Waals surface area contributed by atoms with Crippen LogP contribution in [0, 0.1) is 0 Å². The van der Waals surface area contributed by atoms with Crippen LogP contribution in [0.5, 0.6) is 5.75 Å². The molecule has 1 N–H and O–H groups in total. The molecule has 0 saturated carbocycles. The molecule has 0 spiro atoms. The largest absolute Gasteiger partial charge is 0.475 e. The Morgan fingerprint density at radius 2 is 2.15 bits per heavy atom. The Morgan fingerprint density at radius 3 is 2.69 bits per heavy atom. The molecule has 1 rings (SSSR count). The monoisotopic (exact) mass is 222 g/mol. The number of ether oxygens (including phenoxy) is 1. The van der Waals surface area contributed by atoms with E-state index in [9.17, 15) is 8.42 Å². The van der Waals surface area contributed by atoms with Gasteiger partial charge in [0.15, 0.2) is 0 Å². The van der Waals surface area contributed by atoms with Gasteiger partial charge < -0.3 is 4.74 Å². The minimum absolute atomic E-state index is 0.296. The minimum Gasteiger partial charge on any atom is -0.475 e. The van der Waals surface area contributed by atoms with Gasteiger partial charge in [0.05, 0.1) is 0 Å². The lowest BCUT2D eigenvalue weighted by Gasteiger charge is -2.03. The number of benzene rings is 1. The van der Waals surface area contributed by atoms with E-state index in [4.69, 9.17) is 20.9 Å². The van der Waals surface area contributed by atoms with E-state index in [2.05, 4.69) is 0 Å². The number of halogens is 1. The first kappa shape index (κ1) is 10.3. The molecule has 0 aliphatic heterocycles. The molecular weight excluding hydrogens is 216 g/mol. The Hall–Kier alpha value is -0.780. The highest BCUT2D eigenvalue weighted by atomic mass is 35.5. The third-order valence-electron chi connectivity index (χ3n) is 1.17. The third kappa shape index (κ3) is 4.12. The lowest BCUT2D eigenvalue weighted by molar-refractivity contribution is 0.353. The summed E-state index contributed by atoms with van der Waals surface area (Å²) < 4.78 is 33.7. The van der Waals surface area contributed by atoms with Crippen molar-refractivity contribution in [3.8, 4) is 5.75 Å². The number of hydrogen-bond donors (Lipinski definition) is 1. The Bertz CT molecular complexity index is 387. The van der Waals surface area contributed by atoms with Crippen LogP contribution in [-0.2, 0) is 10.1 Å². The maximum atomic E-state index is 10.3. The van der Waals surface area contributed by atoms with Gasteiger partial charge in [-0.2, -0.15) is 8.42 Å². The molecule has 1 aromatic carbocycles. The first-order valence-electron chi connectivity index (χ1n) is 3.31. The fraction of sp³-hybridized carbons (Fsp3) is 0.143. The van der Waals surface area contributed by atoms with Crippen molar-refractivity contribution >= 4 is 21.7 Å². The first-order chi connectivity index (χ1) is 5.97. The van der Waals surface area contributed by atoms with Gasteiger partial charge in [-0.1, -0.05) is 17.7 Å². The molecule has 4 nitrogen and oxygen atoms in total. The van der Waals surface area contributed by atoms with Gasteiger partial charge in [-0.15, -0.1) is 0 Å². The zero-order valence-corrected chi connectivity index (χ0v) is 8.05. The molecule has 0 fully saturated rings. The minimum atomic E-state index is -4.10. The molecule has 0 atom stereocenters. The second-order valence-electron chi connectivity index (χ2n) is 2.30. The standard InChI is InChI=1S/C7H7ClO4S/c8-6-2-1-3-7(4-6)12-5-13(9,10)11/h1-4H,5H2,(H,9,10,11). The van der Waals surface area contributed by atoms with Gasteiger partial charge in [-0.3, -0.25) is 4.55 Å². The topological polar surface area (TPSA) is 63.6 Å². The Kier molecular flexibility index (Phi) is 3.13. The van der Waals surface area contributed by atoms with Crippen LogP contribution in [0.3, 0.4) is 0 Å². The van der Waals surface area contributed by atoms with Gasteiger partial charge in [-0.25, -0.2) is 0 Å². The van der Waals surface area contributed by atoms with E-state index in [1.54, 1.807) is 12.1 Å². The molecule has 13 heavy (non-hydrogen) atoms. The summed E-state index contributed by atoms with van der Waals surface area (Å²) in [6, 6.07) is 6.23. The molecule has 0 aliphatic rings. The van der Waals surface area contributed by atoms with E-state index in [0.29, 0.717) is 10.8 Å².